The number of carbonyl (C=O) groups excluding carboxylic acids is 4. The lowest BCUT2D eigenvalue weighted by Crippen LogP contribution is -2.17. The smallest absolute Gasteiger partial charge is 0.344 e. The molecule has 0 N–H and O–H groups in total. The van der Waals surface area contributed by atoms with Crippen LogP contribution in [0.3, 0.4) is 0 Å². The van der Waals surface area contributed by atoms with Crippen molar-refractivity contribution in [1.29, 1.82) is 0 Å². The number of esters is 4. The van der Waals surface area contributed by atoms with Crippen LogP contribution in [0.2, 0.25) is 0 Å². The normalized spacial score (nSPS) is 9.75. The molecule has 0 amide bonds. The second-order valence-electron chi connectivity index (χ2n) is 4.34. The van der Waals surface area contributed by atoms with E-state index in [2.05, 4.69) is 9.47 Å². The Balaban J connectivity index is 2.52. The minimum absolute atomic E-state index is 0.154. The summed E-state index contributed by atoms with van der Waals surface area (Å²) in [6.07, 6.45) is 0. The number of carbonyl (C=O) groups is 4. The van der Waals surface area contributed by atoms with E-state index in [1.807, 2.05) is 0 Å². The molecule has 0 fully saturated rings. The Labute approximate surface area is 138 Å². The fourth-order valence-corrected chi connectivity index (χ4v) is 1.56. The molecule has 0 unspecified atom stereocenters. The van der Waals surface area contributed by atoms with Crippen molar-refractivity contribution in [1.82, 2.24) is 0 Å². The largest absolute Gasteiger partial charge is 0.463 e. The summed E-state index contributed by atoms with van der Waals surface area (Å²) in [6.45, 7) is 2.68. The van der Waals surface area contributed by atoms with Gasteiger partial charge in [0.1, 0.15) is 0 Å². The highest BCUT2D eigenvalue weighted by atomic mass is 16.6. The molecular weight excluding hydrogens is 320 g/mol. The highest BCUT2D eigenvalue weighted by Crippen LogP contribution is 2.08. The van der Waals surface area contributed by atoms with E-state index in [4.69, 9.17) is 9.47 Å². The monoisotopic (exact) mass is 338 g/mol. The summed E-state index contributed by atoms with van der Waals surface area (Å²) >= 11 is 0. The van der Waals surface area contributed by atoms with E-state index in [0.717, 1.165) is 0 Å². The van der Waals surface area contributed by atoms with Crippen molar-refractivity contribution in [3.63, 3.8) is 0 Å². The van der Waals surface area contributed by atoms with Gasteiger partial charge in [-0.3, -0.25) is 0 Å². The van der Waals surface area contributed by atoms with Gasteiger partial charge in [0.15, 0.2) is 13.2 Å². The van der Waals surface area contributed by atoms with Crippen LogP contribution in [0.5, 0.6) is 0 Å². The van der Waals surface area contributed by atoms with Crippen LogP contribution >= 0.6 is 0 Å². The molecule has 0 saturated heterocycles. The molecule has 0 radical (unpaired) electrons. The molecule has 0 aliphatic rings. The number of hydrogen-bond donors (Lipinski definition) is 0. The first kappa shape index (κ1) is 19.1. The lowest BCUT2D eigenvalue weighted by atomic mass is 10.1. The molecule has 0 heterocycles. The Morgan fingerprint density at radius 1 is 0.667 bits per heavy atom. The molecule has 24 heavy (non-hydrogen) atoms. The van der Waals surface area contributed by atoms with E-state index in [1.165, 1.54) is 24.3 Å². The molecule has 0 spiro atoms. The summed E-state index contributed by atoms with van der Waals surface area (Å²) in [5, 5.41) is 0. The average molecular weight is 338 g/mol. The maximum Gasteiger partial charge on any atom is 0.344 e. The minimum Gasteiger partial charge on any atom is -0.463 e. The van der Waals surface area contributed by atoms with E-state index in [0.29, 0.717) is 0 Å². The Bertz CT molecular complexity index is 538. The summed E-state index contributed by atoms with van der Waals surface area (Å²) in [7, 11) is 0. The molecule has 0 bridgehead atoms. The van der Waals surface area contributed by atoms with Gasteiger partial charge in [-0.1, -0.05) is 0 Å². The van der Waals surface area contributed by atoms with Gasteiger partial charge in [-0.05, 0) is 38.1 Å². The number of rotatable bonds is 8. The van der Waals surface area contributed by atoms with Crippen LogP contribution in [0.15, 0.2) is 24.3 Å². The summed E-state index contributed by atoms with van der Waals surface area (Å²) in [4.78, 5) is 45.6. The Morgan fingerprint density at radius 3 is 1.29 bits per heavy atom. The van der Waals surface area contributed by atoms with Crippen LogP contribution in [-0.4, -0.2) is 50.3 Å². The zero-order valence-corrected chi connectivity index (χ0v) is 13.4. The van der Waals surface area contributed by atoms with Gasteiger partial charge in [0.05, 0.1) is 24.3 Å². The minimum atomic E-state index is -0.727. The fourth-order valence-electron chi connectivity index (χ4n) is 1.56. The van der Waals surface area contributed by atoms with Crippen molar-refractivity contribution in [2.75, 3.05) is 26.4 Å². The van der Waals surface area contributed by atoms with Gasteiger partial charge in [0, 0.05) is 0 Å². The molecular formula is C16H18O8. The van der Waals surface area contributed by atoms with Crippen LogP contribution in [0.4, 0.5) is 0 Å². The molecule has 1 rings (SSSR count). The molecule has 0 aliphatic heterocycles. The molecule has 0 aromatic heterocycles. The molecule has 0 saturated carbocycles. The van der Waals surface area contributed by atoms with Gasteiger partial charge in [-0.15, -0.1) is 0 Å². The van der Waals surface area contributed by atoms with Crippen molar-refractivity contribution in [2.45, 2.75) is 13.8 Å². The zero-order chi connectivity index (χ0) is 17.9. The molecule has 0 aliphatic carbocycles. The third-order valence-corrected chi connectivity index (χ3v) is 2.61. The first-order valence-electron chi connectivity index (χ1n) is 7.23. The van der Waals surface area contributed by atoms with Crippen LogP contribution < -0.4 is 0 Å². The lowest BCUT2D eigenvalue weighted by Gasteiger charge is -2.06. The first-order valence-corrected chi connectivity index (χ1v) is 7.23. The lowest BCUT2D eigenvalue weighted by molar-refractivity contribution is -0.147. The molecule has 8 nitrogen and oxygen atoms in total. The number of ether oxygens (including phenoxy) is 4. The van der Waals surface area contributed by atoms with Gasteiger partial charge in [0.25, 0.3) is 0 Å². The van der Waals surface area contributed by atoms with E-state index in [9.17, 15) is 19.2 Å². The Kier molecular flexibility index (Phi) is 7.97. The third-order valence-electron chi connectivity index (χ3n) is 2.61. The SMILES string of the molecule is CCOC(=O)COC(=O)c1ccc(C(=O)OCC(=O)OCC)cc1. The van der Waals surface area contributed by atoms with Crippen LogP contribution in [0, 0.1) is 0 Å². The van der Waals surface area contributed by atoms with Gasteiger partial charge >= 0.3 is 23.9 Å². The Morgan fingerprint density at radius 2 is 1.00 bits per heavy atom. The fraction of sp³-hybridized carbons (Fsp3) is 0.375. The molecule has 8 heteroatoms. The van der Waals surface area contributed by atoms with Crippen LogP contribution in [0.1, 0.15) is 34.6 Å². The van der Waals surface area contributed by atoms with Crippen LogP contribution in [0.25, 0.3) is 0 Å². The molecule has 0 atom stereocenters. The second kappa shape index (κ2) is 9.98. The second-order valence-corrected chi connectivity index (χ2v) is 4.34. The predicted molar refractivity (Wildman–Crippen MR) is 80.3 cm³/mol. The summed E-state index contributed by atoms with van der Waals surface area (Å²) in [5.74, 6) is -2.75. The zero-order valence-electron chi connectivity index (χ0n) is 13.4. The van der Waals surface area contributed by atoms with E-state index in [1.54, 1.807) is 13.8 Å². The van der Waals surface area contributed by atoms with Gasteiger partial charge < -0.3 is 18.9 Å². The van der Waals surface area contributed by atoms with Crippen molar-refractivity contribution in [2.24, 2.45) is 0 Å². The van der Waals surface area contributed by atoms with Crippen molar-refractivity contribution in [3.8, 4) is 0 Å². The van der Waals surface area contributed by atoms with Crippen molar-refractivity contribution in [3.05, 3.63) is 35.4 Å². The maximum atomic E-state index is 11.7. The average Bonchev–Trinajstić information content (AvgIpc) is 2.58. The number of hydrogen-bond acceptors (Lipinski definition) is 8. The number of benzene rings is 1. The van der Waals surface area contributed by atoms with Gasteiger partial charge in [-0.25, -0.2) is 19.2 Å². The summed E-state index contributed by atoms with van der Waals surface area (Å²) < 4.78 is 18.8. The van der Waals surface area contributed by atoms with Crippen LogP contribution in [-0.2, 0) is 28.5 Å². The van der Waals surface area contributed by atoms with Crippen molar-refractivity contribution < 1.29 is 38.1 Å². The topological polar surface area (TPSA) is 105 Å². The van der Waals surface area contributed by atoms with E-state index in [-0.39, 0.29) is 24.3 Å². The molecule has 130 valence electrons. The van der Waals surface area contributed by atoms with Gasteiger partial charge in [0.2, 0.25) is 0 Å². The quantitative estimate of drug-likeness (QED) is 0.513. The maximum absolute atomic E-state index is 11.7. The van der Waals surface area contributed by atoms with Crippen molar-refractivity contribution >= 4 is 23.9 Å². The van der Waals surface area contributed by atoms with E-state index >= 15 is 0 Å². The Hall–Kier alpha value is -2.90. The predicted octanol–water partition coefficient (Wildman–Crippen LogP) is 1.13. The first-order chi connectivity index (χ1) is 11.5. The summed E-state index contributed by atoms with van der Waals surface area (Å²) in [5.41, 5.74) is 0.308. The summed E-state index contributed by atoms with van der Waals surface area (Å²) in [6, 6.07) is 5.37. The van der Waals surface area contributed by atoms with Gasteiger partial charge in [-0.2, -0.15) is 0 Å². The standard InChI is InChI=1S/C16H18O8/c1-3-21-13(17)9-23-15(19)11-5-7-12(8-6-11)16(20)24-10-14(18)22-4-2/h5-8H,3-4,9-10H2,1-2H3. The highest BCUT2D eigenvalue weighted by Gasteiger charge is 2.14. The van der Waals surface area contributed by atoms with E-state index < -0.39 is 37.1 Å². The molecule has 1 aromatic carbocycles. The highest BCUT2D eigenvalue weighted by molar-refractivity contribution is 5.94. The molecule has 1 aromatic rings. The third kappa shape index (κ3) is 6.47.